The molecule has 0 spiro atoms. The summed E-state index contributed by atoms with van der Waals surface area (Å²) in [6.07, 6.45) is 3.82. The number of ether oxygens (including phenoxy) is 2. The zero-order valence-corrected chi connectivity index (χ0v) is 13.4. The van der Waals surface area contributed by atoms with Gasteiger partial charge >= 0.3 is 0 Å². The summed E-state index contributed by atoms with van der Waals surface area (Å²) in [7, 11) is 0. The van der Waals surface area contributed by atoms with Crippen LogP contribution in [0.25, 0.3) is 0 Å². The highest BCUT2D eigenvalue weighted by molar-refractivity contribution is 14.1. The van der Waals surface area contributed by atoms with E-state index in [1.54, 1.807) is 0 Å². The van der Waals surface area contributed by atoms with Gasteiger partial charge in [-0.1, -0.05) is 0 Å². The first kappa shape index (κ1) is 13.7. The van der Waals surface area contributed by atoms with Crippen molar-refractivity contribution in [2.75, 3.05) is 19.8 Å². The maximum absolute atomic E-state index is 5.99. The van der Waals surface area contributed by atoms with Crippen LogP contribution < -0.4 is 7.06 Å². The van der Waals surface area contributed by atoms with Gasteiger partial charge in [-0.3, -0.25) is 7.06 Å². The van der Waals surface area contributed by atoms with Crippen LogP contribution in [0, 0.1) is 5.92 Å². The molecule has 0 aromatic heterocycles. The van der Waals surface area contributed by atoms with Crippen molar-refractivity contribution in [3.05, 3.63) is 0 Å². The van der Waals surface area contributed by atoms with Crippen LogP contribution in [0.3, 0.4) is 0 Å². The summed E-state index contributed by atoms with van der Waals surface area (Å²) in [5.41, 5.74) is 0. The smallest absolute Gasteiger partial charge is 0.0780 e. The summed E-state index contributed by atoms with van der Waals surface area (Å²) in [5.74, 6) is 0.568. The Kier molecular flexibility index (Phi) is 6.03. The molecule has 2 aliphatic rings. The molecule has 2 saturated heterocycles. The Morgan fingerprint density at radius 2 is 1.81 bits per heavy atom. The first-order valence-electron chi connectivity index (χ1n) is 5.78. The Bertz CT molecular complexity index is 199. The van der Waals surface area contributed by atoms with E-state index in [1.807, 2.05) is 0 Å². The largest absolute Gasteiger partial charge is 0.380 e. The summed E-state index contributed by atoms with van der Waals surface area (Å²) < 4.78 is 18.2. The maximum Gasteiger partial charge on any atom is 0.0780 e. The van der Waals surface area contributed by atoms with Crippen LogP contribution >= 0.6 is 45.7 Å². The van der Waals surface area contributed by atoms with Crippen LogP contribution in [-0.2, 0) is 9.47 Å². The van der Waals surface area contributed by atoms with Crippen LogP contribution in [-0.4, -0.2) is 38.0 Å². The highest BCUT2D eigenvalue weighted by Gasteiger charge is 2.38. The Labute approximate surface area is 125 Å². The van der Waals surface area contributed by atoms with E-state index in [1.165, 1.54) is 12.8 Å². The minimum absolute atomic E-state index is 0.335. The van der Waals surface area contributed by atoms with Gasteiger partial charge < -0.3 is 9.47 Å². The van der Waals surface area contributed by atoms with Gasteiger partial charge in [0.15, 0.2) is 0 Å². The van der Waals surface area contributed by atoms with E-state index in [2.05, 4.69) is 52.8 Å². The van der Waals surface area contributed by atoms with E-state index in [0.29, 0.717) is 24.1 Å². The molecule has 0 bridgehead atoms. The molecular weight excluding hydrogens is 434 g/mol. The number of hydrogen-bond acceptors (Lipinski definition) is 4. The highest BCUT2D eigenvalue weighted by Crippen LogP contribution is 2.29. The Hall–Kier alpha value is 1.30. The van der Waals surface area contributed by atoms with Crippen molar-refractivity contribution in [2.45, 2.75) is 37.5 Å². The number of rotatable bonds is 3. The van der Waals surface area contributed by atoms with Crippen molar-refractivity contribution >= 4 is 45.7 Å². The molecule has 0 radical (unpaired) electrons. The highest BCUT2D eigenvalue weighted by atomic mass is 127. The standard InChI is InChI=1S/C10H18I2N2O2/c11-13-8-2-1-4-16-10(8)7-3-5-15-6-9(7)14-12/h7-10,13-14H,1-6H2/t7?,8-,9-,10?/m1/s1. The second kappa shape index (κ2) is 7.03. The van der Waals surface area contributed by atoms with Crippen LogP contribution in [0.15, 0.2) is 0 Å². The van der Waals surface area contributed by atoms with Crippen LogP contribution in [0.1, 0.15) is 19.3 Å². The van der Waals surface area contributed by atoms with Gasteiger partial charge in [0.1, 0.15) is 0 Å². The first-order valence-corrected chi connectivity index (χ1v) is 7.94. The molecule has 0 amide bonds. The first-order chi connectivity index (χ1) is 7.86. The van der Waals surface area contributed by atoms with E-state index in [-0.39, 0.29) is 0 Å². The van der Waals surface area contributed by atoms with Crippen LogP contribution in [0.4, 0.5) is 0 Å². The Balaban J connectivity index is 2.01. The van der Waals surface area contributed by atoms with E-state index in [4.69, 9.17) is 9.47 Å². The molecule has 6 heteroatoms. The zero-order chi connectivity index (χ0) is 11.4. The van der Waals surface area contributed by atoms with Crippen molar-refractivity contribution in [3.8, 4) is 0 Å². The molecular formula is C10H18I2N2O2. The summed E-state index contributed by atoms with van der Waals surface area (Å²) in [5, 5.41) is 0. The van der Waals surface area contributed by atoms with Gasteiger partial charge in [0.05, 0.1) is 12.7 Å². The van der Waals surface area contributed by atoms with Gasteiger partial charge in [0, 0.05) is 76.9 Å². The SMILES string of the molecule is IN[C@@H]1COCCC1C1OCCC[C@H]1NI. The van der Waals surface area contributed by atoms with Crippen LogP contribution in [0.2, 0.25) is 0 Å². The normalized spacial score (nSPS) is 40.9. The third-order valence-electron chi connectivity index (χ3n) is 3.48. The van der Waals surface area contributed by atoms with E-state index in [9.17, 15) is 0 Å². The minimum atomic E-state index is 0.335. The lowest BCUT2D eigenvalue weighted by molar-refractivity contribution is -0.0767. The van der Waals surface area contributed by atoms with Gasteiger partial charge in [-0.25, -0.2) is 0 Å². The number of hydrogen-bond donors (Lipinski definition) is 2. The third kappa shape index (κ3) is 3.19. The predicted molar refractivity (Wildman–Crippen MR) is 79.8 cm³/mol. The van der Waals surface area contributed by atoms with Gasteiger partial charge in [0.2, 0.25) is 0 Å². The monoisotopic (exact) mass is 452 g/mol. The molecule has 94 valence electrons. The predicted octanol–water partition coefficient (Wildman–Crippen LogP) is 1.82. The maximum atomic E-state index is 5.99. The van der Waals surface area contributed by atoms with Gasteiger partial charge in [-0.2, -0.15) is 0 Å². The molecule has 2 N–H and O–H groups in total. The lowest BCUT2D eigenvalue weighted by Gasteiger charge is -2.41. The van der Waals surface area contributed by atoms with Crippen molar-refractivity contribution < 1.29 is 9.47 Å². The fraction of sp³-hybridized carbons (Fsp3) is 1.00. The topological polar surface area (TPSA) is 42.5 Å². The average molecular weight is 452 g/mol. The molecule has 2 rings (SSSR count). The van der Waals surface area contributed by atoms with Crippen molar-refractivity contribution in [1.82, 2.24) is 7.06 Å². The third-order valence-corrected chi connectivity index (χ3v) is 5.08. The molecule has 0 aromatic rings. The molecule has 2 fully saturated rings. The second-order valence-electron chi connectivity index (χ2n) is 4.44. The van der Waals surface area contributed by atoms with Crippen molar-refractivity contribution in [3.63, 3.8) is 0 Å². The van der Waals surface area contributed by atoms with Gasteiger partial charge in [-0.05, 0) is 19.3 Å². The Morgan fingerprint density at radius 1 is 1.00 bits per heavy atom. The zero-order valence-electron chi connectivity index (χ0n) is 9.12. The molecule has 4 nitrogen and oxygen atoms in total. The fourth-order valence-electron chi connectivity index (χ4n) is 2.60. The number of halogens is 2. The fourth-order valence-corrected chi connectivity index (χ4v) is 3.91. The molecule has 0 saturated carbocycles. The van der Waals surface area contributed by atoms with Crippen molar-refractivity contribution in [1.29, 1.82) is 0 Å². The van der Waals surface area contributed by atoms with E-state index < -0.39 is 0 Å². The van der Waals surface area contributed by atoms with Gasteiger partial charge in [0.25, 0.3) is 0 Å². The summed E-state index contributed by atoms with van der Waals surface area (Å²) in [6, 6.07) is 0.911. The summed E-state index contributed by atoms with van der Waals surface area (Å²) >= 11 is 4.48. The second-order valence-corrected chi connectivity index (χ2v) is 5.68. The quantitative estimate of drug-likeness (QED) is 0.507. The number of nitrogens with one attached hydrogen (secondary N) is 2. The Morgan fingerprint density at radius 3 is 2.56 bits per heavy atom. The molecule has 0 aliphatic carbocycles. The molecule has 4 atom stereocenters. The van der Waals surface area contributed by atoms with Crippen molar-refractivity contribution in [2.24, 2.45) is 5.92 Å². The lowest BCUT2D eigenvalue weighted by atomic mass is 9.84. The van der Waals surface area contributed by atoms with E-state index in [0.717, 1.165) is 26.2 Å². The minimum Gasteiger partial charge on any atom is -0.380 e. The van der Waals surface area contributed by atoms with Gasteiger partial charge in [-0.15, -0.1) is 0 Å². The lowest BCUT2D eigenvalue weighted by Crippen LogP contribution is -2.53. The molecule has 2 unspecified atom stereocenters. The average Bonchev–Trinajstić information content (AvgIpc) is 2.38. The molecule has 16 heavy (non-hydrogen) atoms. The molecule has 0 aromatic carbocycles. The van der Waals surface area contributed by atoms with E-state index >= 15 is 0 Å². The molecule has 2 heterocycles. The summed E-state index contributed by atoms with van der Waals surface area (Å²) in [6.45, 7) is 2.58. The van der Waals surface area contributed by atoms with Crippen LogP contribution in [0.5, 0.6) is 0 Å². The summed E-state index contributed by atoms with van der Waals surface area (Å²) in [4.78, 5) is 0. The molecule has 2 aliphatic heterocycles.